The Kier molecular flexibility index (Phi) is 8.91. The first kappa shape index (κ1) is 23.9. The van der Waals surface area contributed by atoms with Crippen molar-refractivity contribution in [3.05, 3.63) is 27.7 Å². The van der Waals surface area contributed by atoms with Crippen LogP contribution in [0.15, 0.2) is 10.9 Å². The predicted octanol–water partition coefficient (Wildman–Crippen LogP) is 3.27. The minimum absolute atomic E-state index is 0.0202. The lowest BCUT2D eigenvalue weighted by atomic mass is 10.2. The number of aromatic nitrogens is 2. The Bertz CT molecular complexity index is 789. The molecular weight excluding hydrogens is 393 g/mol. The van der Waals surface area contributed by atoms with Crippen LogP contribution in [0.5, 0.6) is 0 Å². The maximum absolute atomic E-state index is 13.1. The molecular formula is C18H25F3N2O4Si. The van der Waals surface area contributed by atoms with E-state index in [-0.39, 0.29) is 31.9 Å². The van der Waals surface area contributed by atoms with Gasteiger partial charge in [0.2, 0.25) is 0 Å². The molecule has 0 aromatic carbocycles. The van der Waals surface area contributed by atoms with E-state index in [1.807, 2.05) is 0 Å². The number of nitrogens with zero attached hydrogens (tertiary/aromatic N) is 2. The van der Waals surface area contributed by atoms with Gasteiger partial charge in [-0.3, -0.25) is 9.59 Å². The Morgan fingerprint density at radius 3 is 2.57 bits per heavy atom. The second-order valence-electron chi connectivity index (χ2n) is 7.20. The zero-order chi connectivity index (χ0) is 21.4. The van der Waals surface area contributed by atoms with Crippen LogP contribution in [0.2, 0.25) is 25.7 Å². The number of halogens is 3. The molecule has 156 valence electrons. The van der Waals surface area contributed by atoms with E-state index in [0.717, 1.165) is 6.04 Å². The van der Waals surface area contributed by atoms with E-state index in [1.54, 1.807) is 6.92 Å². The van der Waals surface area contributed by atoms with E-state index in [4.69, 9.17) is 9.47 Å². The molecule has 0 atom stereocenters. The van der Waals surface area contributed by atoms with E-state index < -0.39 is 31.3 Å². The lowest BCUT2D eigenvalue weighted by Gasteiger charge is -2.16. The molecule has 0 spiro atoms. The number of alkyl halides is 3. The molecule has 0 aliphatic carbocycles. The summed E-state index contributed by atoms with van der Waals surface area (Å²) in [5.74, 6) is 4.59. The summed E-state index contributed by atoms with van der Waals surface area (Å²) < 4.78 is 50.1. The summed E-state index contributed by atoms with van der Waals surface area (Å²) in [6.45, 7) is 8.26. The van der Waals surface area contributed by atoms with Gasteiger partial charge in [-0.2, -0.15) is 18.3 Å². The van der Waals surface area contributed by atoms with E-state index in [0.29, 0.717) is 17.4 Å². The number of hydrogen-bond donors (Lipinski definition) is 0. The first-order chi connectivity index (χ1) is 12.9. The van der Waals surface area contributed by atoms with Crippen molar-refractivity contribution < 1.29 is 27.4 Å². The average molecular weight is 418 g/mol. The Labute approximate surface area is 163 Å². The third-order valence-electron chi connectivity index (χ3n) is 3.47. The van der Waals surface area contributed by atoms with Gasteiger partial charge in [0.25, 0.3) is 5.56 Å². The van der Waals surface area contributed by atoms with Crippen molar-refractivity contribution in [3.63, 3.8) is 0 Å². The van der Waals surface area contributed by atoms with Crippen LogP contribution in [0, 0.1) is 11.8 Å². The maximum Gasteiger partial charge on any atom is 0.421 e. The normalized spacial score (nSPS) is 11.7. The SMILES string of the molecule is CCOC(=O)CCC#Cc1cc(C(F)(F)F)c(=O)n(COCC[Si](C)(C)C)n1. The molecule has 0 fully saturated rings. The van der Waals surface area contributed by atoms with Crippen molar-refractivity contribution in [2.45, 2.75) is 58.4 Å². The quantitative estimate of drug-likeness (QED) is 0.280. The first-order valence-corrected chi connectivity index (χ1v) is 12.6. The number of esters is 1. The standard InChI is InChI=1S/C18H25F3N2O4Si/c1-5-27-16(24)9-7-6-8-14-12-15(18(19,20)21)17(25)23(22-14)13-26-10-11-28(2,3)4/h12H,5,7,9-11,13H2,1-4H3. The molecule has 1 aromatic rings. The Morgan fingerprint density at radius 1 is 1.32 bits per heavy atom. The number of ether oxygens (including phenoxy) is 2. The molecule has 0 bridgehead atoms. The third kappa shape index (κ3) is 8.71. The number of carbonyl (C=O) groups is 1. The van der Waals surface area contributed by atoms with E-state index in [2.05, 4.69) is 36.6 Å². The summed E-state index contributed by atoms with van der Waals surface area (Å²) in [6.07, 6.45) is -4.71. The zero-order valence-corrected chi connectivity index (χ0v) is 17.5. The van der Waals surface area contributed by atoms with E-state index in [1.165, 1.54) is 0 Å². The van der Waals surface area contributed by atoms with Crippen molar-refractivity contribution in [1.29, 1.82) is 0 Å². The highest BCUT2D eigenvalue weighted by molar-refractivity contribution is 6.76. The van der Waals surface area contributed by atoms with Crippen molar-refractivity contribution >= 4 is 14.0 Å². The van der Waals surface area contributed by atoms with Gasteiger partial charge in [-0.05, 0) is 25.0 Å². The molecule has 1 rings (SSSR count). The van der Waals surface area contributed by atoms with Crippen LogP contribution in [0.1, 0.15) is 31.0 Å². The van der Waals surface area contributed by atoms with Crippen molar-refractivity contribution in [3.8, 4) is 11.8 Å². The largest absolute Gasteiger partial charge is 0.466 e. The molecule has 0 amide bonds. The second-order valence-corrected chi connectivity index (χ2v) is 12.8. The topological polar surface area (TPSA) is 70.4 Å². The number of hydrogen-bond acceptors (Lipinski definition) is 5. The summed E-state index contributed by atoms with van der Waals surface area (Å²) in [7, 11) is -1.37. The third-order valence-corrected chi connectivity index (χ3v) is 5.17. The molecule has 0 saturated heterocycles. The summed E-state index contributed by atoms with van der Waals surface area (Å²) in [6, 6.07) is 1.42. The van der Waals surface area contributed by atoms with Gasteiger partial charge in [0.05, 0.1) is 13.0 Å². The minimum atomic E-state index is -4.83. The van der Waals surface area contributed by atoms with E-state index >= 15 is 0 Å². The van der Waals surface area contributed by atoms with Gasteiger partial charge in [0.1, 0.15) is 18.0 Å². The van der Waals surface area contributed by atoms with Crippen LogP contribution < -0.4 is 5.56 Å². The molecule has 0 saturated carbocycles. The summed E-state index contributed by atoms with van der Waals surface area (Å²) in [5.41, 5.74) is -2.85. The van der Waals surface area contributed by atoms with Crippen molar-refractivity contribution in [2.24, 2.45) is 0 Å². The van der Waals surface area contributed by atoms with Crippen LogP contribution in [-0.2, 0) is 27.2 Å². The molecule has 0 aliphatic rings. The average Bonchev–Trinajstić information content (AvgIpc) is 2.56. The summed E-state index contributed by atoms with van der Waals surface area (Å²) in [4.78, 5) is 23.3. The smallest absolute Gasteiger partial charge is 0.421 e. The van der Waals surface area contributed by atoms with Gasteiger partial charge in [-0.25, -0.2) is 4.68 Å². The molecule has 0 unspecified atom stereocenters. The van der Waals surface area contributed by atoms with Crippen LogP contribution in [0.25, 0.3) is 0 Å². The highest BCUT2D eigenvalue weighted by Crippen LogP contribution is 2.26. The molecule has 1 aromatic heterocycles. The highest BCUT2D eigenvalue weighted by Gasteiger charge is 2.35. The fourth-order valence-electron chi connectivity index (χ4n) is 1.97. The van der Waals surface area contributed by atoms with Gasteiger partial charge in [-0.1, -0.05) is 25.6 Å². The highest BCUT2D eigenvalue weighted by atomic mass is 28.3. The molecule has 0 N–H and O–H groups in total. The molecule has 28 heavy (non-hydrogen) atoms. The van der Waals surface area contributed by atoms with Crippen LogP contribution in [-0.4, -0.2) is 37.0 Å². The molecule has 0 radical (unpaired) electrons. The fraction of sp³-hybridized carbons (Fsp3) is 0.611. The van der Waals surface area contributed by atoms with Gasteiger partial charge >= 0.3 is 12.1 Å². The second kappa shape index (κ2) is 10.4. The predicted molar refractivity (Wildman–Crippen MR) is 100 cm³/mol. The first-order valence-electron chi connectivity index (χ1n) is 8.85. The monoisotopic (exact) mass is 418 g/mol. The summed E-state index contributed by atoms with van der Waals surface area (Å²) >= 11 is 0. The molecule has 0 aliphatic heterocycles. The minimum Gasteiger partial charge on any atom is -0.466 e. The van der Waals surface area contributed by atoms with Gasteiger partial charge < -0.3 is 9.47 Å². The van der Waals surface area contributed by atoms with Crippen LogP contribution >= 0.6 is 0 Å². The maximum atomic E-state index is 13.1. The van der Waals surface area contributed by atoms with Crippen molar-refractivity contribution in [1.82, 2.24) is 9.78 Å². The van der Waals surface area contributed by atoms with Crippen LogP contribution in [0.4, 0.5) is 13.2 Å². The number of rotatable bonds is 8. The molecule has 10 heteroatoms. The Morgan fingerprint density at radius 2 is 2.00 bits per heavy atom. The van der Waals surface area contributed by atoms with E-state index in [9.17, 15) is 22.8 Å². The molecule has 6 nitrogen and oxygen atoms in total. The lowest BCUT2D eigenvalue weighted by molar-refractivity contribution is -0.143. The van der Waals surface area contributed by atoms with Crippen LogP contribution in [0.3, 0.4) is 0 Å². The Balaban J connectivity index is 2.96. The fourth-order valence-corrected chi connectivity index (χ4v) is 2.73. The van der Waals surface area contributed by atoms with Gasteiger partial charge in [0.15, 0.2) is 0 Å². The van der Waals surface area contributed by atoms with Gasteiger partial charge in [-0.15, -0.1) is 0 Å². The number of carbonyl (C=O) groups excluding carboxylic acids is 1. The molecule has 1 heterocycles. The zero-order valence-electron chi connectivity index (χ0n) is 16.5. The summed E-state index contributed by atoms with van der Waals surface area (Å²) in [5, 5.41) is 3.83. The lowest BCUT2D eigenvalue weighted by Crippen LogP contribution is -2.32. The Hall–Kier alpha value is -2.12. The van der Waals surface area contributed by atoms with Crippen molar-refractivity contribution in [2.75, 3.05) is 13.2 Å². The van der Waals surface area contributed by atoms with Gasteiger partial charge in [0, 0.05) is 21.1 Å².